The summed E-state index contributed by atoms with van der Waals surface area (Å²) in [6, 6.07) is 8.01. The lowest BCUT2D eigenvalue weighted by Crippen LogP contribution is -2.18. The summed E-state index contributed by atoms with van der Waals surface area (Å²) in [5.41, 5.74) is 3.93. The molecular weight excluding hydrogens is 264 g/mol. The van der Waals surface area contributed by atoms with E-state index in [1.165, 1.54) is 12.3 Å². The van der Waals surface area contributed by atoms with Crippen LogP contribution in [0.3, 0.4) is 0 Å². The first-order chi connectivity index (χ1) is 9.04. The molecule has 0 aliphatic carbocycles. The zero-order valence-corrected chi connectivity index (χ0v) is 11.1. The van der Waals surface area contributed by atoms with Gasteiger partial charge >= 0.3 is 0 Å². The SMILES string of the molecule is Cc1cnccc1NS(=O)(=O)c1ccccc1NN. The monoisotopic (exact) mass is 278 g/mol. The number of aryl methyl sites for hydroxylation is 1. The summed E-state index contributed by atoms with van der Waals surface area (Å²) in [4.78, 5) is 4.01. The van der Waals surface area contributed by atoms with E-state index in [2.05, 4.69) is 15.1 Å². The Bertz CT molecular complexity index is 686. The van der Waals surface area contributed by atoms with E-state index in [4.69, 9.17) is 5.84 Å². The molecule has 0 aliphatic rings. The van der Waals surface area contributed by atoms with Gasteiger partial charge in [-0.05, 0) is 30.7 Å². The van der Waals surface area contributed by atoms with Gasteiger partial charge in [0.05, 0.1) is 11.4 Å². The van der Waals surface area contributed by atoms with Crippen molar-refractivity contribution in [2.75, 3.05) is 10.1 Å². The molecule has 1 heterocycles. The minimum Gasteiger partial charge on any atom is -0.323 e. The molecule has 0 aliphatic heterocycles. The number of benzene rings is 1. The first-order valence-corrected chi connectivity index (χ1v) is 7.02. The molecule has 1 aromatic heterocycles. The molecule has 0 spiro atoms. The maximum absolute atomic E-state index is 12.3. The minimum atomic E-state index is -3.70. The Morgan fingerprint density at radius 3 is 2.58 bits per heavy atom. The van der Waals surface area contributed by atoms with Crippen molar-refractivity contribution in [2.24, 2.45) is 5.84 Å². The van der Waals surface area contributed by atoms with Gasteiger partial charge in [-0.25, -0.2) is 8.42 Å². The zero-order valence-electron chi connectivity index (χ0n) is 10.3. The van der Waals surface area contributed by atoms with Crippen molar-refractivity contribution in [1.29, 1.82) is 0 Å². The molecule has 100 valence electrons. The summed E-state index contributed by atoms with van der Waals surface area (Å²) in [6.45, 7) is 1.78. The highest BCUT2D eigenvalue weighted by molar-refractivity contribution is 7.92. The summed E-state index contributed by atoms with van der Waals surface area (Å²) >= 11 is 0. The van der Waals surface area contributed by atoms with Gasteiger partial charge in [0.1, 0.15) is 4.90 Å². The molecule has 4 N–H and O–H groups in total. The number of nitrogens with zero attached hydrogens (tertiary/aromatic N) is 1. The largest absolute Gasteiger partial charge is 0.323 e. The number of aromatic nitrogens is 1. The molecule has 0 bridgehead atoms. The summed E-state index contributed by atoms with van der Waals surface area (Å²) < 4.78 is 27.1. The van der Waals surface area contributed by atoms with E-state index in [1.807, 2.05) is 0 Å². The van der Waals surface area contributed by atoms with Crippen molar-refractivity contribution in [3.05, 3.63) is 48.3 Å². The molecule has 0 saturated carbocycles. The lowest BCUT2D eigenvalue weighted by Gasteiger charge is -2.12. The van der Waals surface area contributed by atoms with Crippen LogP contribution in [-0.2, 0) is 10.0 Å². The quantitative estimate of drug-likeness (QED) is 0.581. The van der Waals surface area contributed by atoms with Crippen molar-refractivity contribution >= 4 is 21.4 Å². The van der Waals surface area contributed by atoms with E-state index in [1.54, 1.807) is 37.4 Å². The number of para-hydroxylation sites is 1. The van der Waals surface area contributed by atoms with Gasteiger partial charge in [0.15, 0.2) is 0 Å². The van der Waals surface area contributed by atoms with E-state index in [0.717, 1.165) is 5.56 Å². The fourth-order valence-corrected chi connectivity index (χ4v) is 2.91. The van der Waals surface area contributed by atoms with E-state index < -0.39 is 10.0 Å². The third kappa shape index (κ3) is 2.83. The van der Waals surface area contributed by atoms with Crippen LogP contribution in [0.5, 0.6) is 0 Å². The second-order valence-electron chi connectivity index (χ2n) is 3.94. The molecule has 1 aromatic carbocycles. The van der Waals surface area contributed by atoms with Crippen molar-refractivity contribution < 1.29 is 8.42 Å². The van der Waals surface area contributed by atoms with Gasteiger partial charge < -0.3 is 5.43 Å². The first-order valence-electron chi connectivity index (χ1n) is 5.53. The zero-order chi connectivity index (χ0) is 13.9. The molecule has 0 atom stereocenters. The molecule has 2 rings (SSSR count). The van der Waals surface area contributed by atoms with Crippen LogP contribution >= 0.6 is 0 Å². The summed E-state index contributed by atoms with van der Waals surface area (Å²) in [5.74, 6) is 5.32. The lowest BCUT2D eigenvalue weighted by molar-refractivity contribution is 0.601. The normalized spacial score (nSPS) is 11.1. The number of anilines is 2. The Labute approximate surface area is 111 Å². The Kier molecular flexibility index (Phi) is 3.68. The Morgan fingerprint density at radius 1 is 1.16 bits per heavy atom. The Hall–Kier alpha value is -2.12. The molecule has 0 fully saturated rings. The molecule has 2 aromatic rings. The highest BCUT2D eigenvalue weighted by atomic mass is 32.2. The number of nitrogens with one attached hydrogen (secondary N) is 2. The number of sulfonamides is 1. The first kappa shape index (κ1) is 13.3. The summed E-state index contributed by atoms with van der Waals surface area (Å²) in [5, 5.41) is 0. The molecule has 0 unspecified atom stereocenters. The van der Waals surface area contributed by atoms with Crippen LogP contribution in [0.2, 0.25) is 0 Å². The van der Waals surface area contributed by atoms with Crippen molar-refractivity contribution in [3.63, 3.8) is 0 Å². The number of hydrazine groups is 1. The highest BCUT2D eigenvalue weighted by Crippen LogP contribution is 2.23. The van der Waals surface area contributed by atoms with E-state index in [-0.39, 0.29) is 4.90 Å². The summed E-state index contributed by atoms with van der Waals surface area (Å²) in [6.07, 6.45) is 3.11. The maximum Gasteiger partial charge on any atom is 0.264 e. The number of nitrogens with two attached hydrogens (primary N) is 1. The fourth-order valence-electron chi connectivity index (χ4n) is 1.61. The second-order valence-corrected chi connectivity index (χ2v) is 5.59. The minimum absolute atomic E-state index is 0.0914. The topological polar surface area (TPSA) is 97.1 Å². The third-order valence-corrected chi connectivity index (χ3v) is 4.02. The van der Waals surface area contributed by atoms with Crippen LogP contribution in [0.15, 0.2) is 47.6 Å². The van der Waals surface area contributed by atoms with Crippen LogP contribution in [-0.4, -0.2) is 13.4 Å². The van der Waals surface area contributed by atoms with Crippen LogP contribution in [0, 0.1) is 6.92 Å². The van der Waals surface area contributed by atoms with Crippen LogP contribution in [0.4, 0.5) is 11.4 Å². The number of nitrogen functional groups attached to an aromatic ring is 1. The molecule has 6 nitrogen and oxygen atoms in total. The second kappa shape index (κ2) is 5.25. The van der Waals surface area contributed by atoms with Gasteiger partial charge in [-0.1, -0.05) is 12.1 Å². The highest BCUT2D eigenvalue weighted by Gasteiger charge is 2.18. The van der Waals surface area contributed by atoms with Crippen LogP contribution in [0.25, 0.3) is 0 Å². The van der Waals surface area contributed by atoms with Gasteiger partial charge in [-0.3, -0.25) is 15.5 Å². The standard InChI is InChI=1S/C12H14N4O2S/c1-9-8-14-7-6-10(9)16-19(17,18)12-5-3-2-4-11(12)15-13/h2-8,15H,13H2,1H3,(H,14,16). The van der Waals surface area contributed by atoms with E-state index >= 15 is 0 Å². The lowest BCUT2D eigenvalue weighted by atomic mass is 10.3. The van der Waals surface area contributed by atoms with Crippen molar-refractivity contribution in [3.8, 4) is 0 Å². The van der Waals surface area contributed by atoms with Gasteiger partial charge in [0, 0.05) is 12.4 Å². The van der Waals surface area contributed by atoms with E-state index in [9.17, 15) is 8.42 Å². The van der Waals surface area contributed by atoms with Gasteiger partial charge in [0.25, 0.3) is 10.0 Å². The number of pyridine rings is 1. The molecule has 0 radical (unpaired) electrons. The molecule has 0 saturated heterocycles. The predicted octanol–water partition coefficient (Wildman–Crippen LogP) is 1.48. The Balaban J connectivity index is 2.41. The van der Waals surface area contributed by atoms with E-state index in [0.29, 0.717) is 11.4 Å². The third-order valence-electron chi connectivity index (χ3n) is 2.60. The smallest absolute Gasteiger partial charge is 0.264 e. The van der Waals surface area contributed by atoms with Crippen molar-refractivity contribution in [2.45, 2.75) is 11.8 Å². The summed E-state index contributed by atoms with van der Waals surface area (Å²) in [7, 11) is -3.70. The van der Waals surface area contributed by atoms with Gasteiger partial charge in [-0.2, -0.15) is 0 Å². The molecular formula is C12H14N4O2S. The molecule has 19 heavy (non-hydrogen) atoms. The number of rotatable bonds is 4. The fraction of sp³-hybridized carbons (Fsp3) is 0.0833. The average Bonchev–Trinajstić information content (AvgIpc) is 2.41. The van der Waals surface area contributed by atoms with Gasteiger partial charge in [0.2, 0.25) is 0 Å². The van der Waals surface area contributed by atoms with Crippen LogP contribution in [0.1, 0.15) is 5.56 Å². The molecule has 7 heteroatoms. The number of hydrogen-bond donors (Lipinski definition) is 3. The van der Waals surface area contributed by atoms with Crippen molar-refractivity contribution in [1.82, 2.24) is 4.98 Å². The van der Waals surface area contributed by atoms with Crippen LogP contribution < -0.4 is 16.0 Å². The molecule has 0 amide bonds. The number of hydrogen-bond acceptors (Lipinski definition) is 5. The maximum atomic E-state index is 12.3. The average molecular weight is 278 g/mol. The predicted molar refractivity (Wildman–Crippen MR) is 74.0 cm³/mol. The Morgan fingerprint density at radius 2 is 1.89 bits per heavy atom. The van der Waals surface area contributed by atoms with Gasteiger partial charge in [-0.15, -0.1) is 0 Å².